The van der Waals surface area contributed by atoms with Gasteiger partial charge in [-0.05, 0) is 37.5 Å². The maximum Gasteiger partial charge on any atom is 0.243 e. The Bertz CT molecular complexity index is 549. The van der Waals surface area contributed by atoms with E-state index in [2.05, 4.69) is 16.0 Å². The monoisotopic (exact) mass is 379 g/mol. The summed E-state index contributed by atoms with van der Waals surface area (Å²) in [5.74, 6) is -0.319. The standard InChI is InChI=1S/C20H33N3O4/c1-13(2)9-17-20(27)22-15(12-24)10-16-14(11-21-19(16)26)7-5-3-4-6-8-18(25)23-17/h12-17H,3-11H2,1-2H3,(H,21,26)(H,22,27)(H,23,25)/t14-,15-,16-,17-/m0/s1. The first-order valence-electron chi connectivity index (χ1n) is 10.2. The number of carbonyl (C=O) groups excluding carboxylic acids is 4. The van der Waals surface area contributed by atoms with E-state index in [-0.39, 0.29) is 35.5 Å². The molecule has 152 valence electrons. The third-order valence-corrected chi connectivity index (χ3v) is 5.53. The molecule has 7 nitrogen and oxygen atoms in total. The number of aldehydes is 1. The zero-order valence-electron chi connectivity index (χ0n) is 16.5. The van der Waals surface area contributed by atoms with Crippen LogP contribution in [0.25, 0.3) is 0 Å². The van der Waals surface area contributed by atoms with Crippen molar-refractivity contribution in [2.45, 2.75) is 77.3 Å². The van der Waals surface area contributed by atoms with Gasteiger partial charge in [0, 0.05) is 18.9 Å². The summed E-state index contributed by atoms with van der Waals surface area (Å²) < 4.78 is 0. The minimum atomic E-state index is -0.717. The van der Waals surface area contributed by atoms with Gasteiger partial charge < -0.3 is 20.7 Å². The smallest absolute Gasteiger partial charge is 0.243 e. The molecule has 0 aliphatic carbocycles. The van der Waals surface area contributed by atoms with Crippen molar-refractivity contribution in [2.75, 3.05) is 6.54 Å². The maximum absolute atomic E-state index is 12.7. The predicted octanol–water partition coefficient (Wildman–Crippen LogP) is 1.31. The molecule has 0 unspecified atom stereocenters. The molecule has 0 aromatic carbocycles. The predicted molar refractivity (Wildman–Crippen MR) is 102 cm³/mol. The van der Waals surface area contributed by atoms with E-state index in [4.69, 9.17) is 0 Å². The molecule has 0 spiro atoms. The van der Waals surface area contributed by atoms with E-state index in [1.807, 2.05) is 13.8 Å². The number of hydrogen-bond acceptors (Lipinski definition) is 4. The van der Waals surface area contributed by atoms with Gasteiger partial charge in [0.15, 0.2) is 0 Å². The van der Waals surface area contributed by atoms with Crippen molar-refractivity contribution in [1.29, 1.82) is 0 Å². The fourth-order valence-corrected chi connectivity index (χ4v) is 4.04. The minimum Gasteiger partial charge on any atom is -0.356 e. The Morgan fingerprint density at radius 3 is 2.48 bits per heavy atom. The molecule has 2 saturated heterocycles. The van der Waals surface area contributed by atoms with Crippen LogP contribution in [-0.2, 0) is 19.2 Å². The molecule has 2 heterocycles. The van der Waals surface area contributed by atoms with Crippen LogP contribution in [-0.4, -0.2) is 42.6 Å². The van der Waals surface area contributed by atoms with E-state index < -0.39 is 12.1 Å². The van der Waals surface area contributed by atoms with Gasteiger partial charge in [0.05, 0.1) is 6.04 Å². The average Bonchev–Trinajstić information content (AvgIpc) is 2.95. The number of rotatable bonds is 3. The van der Waals surface area contributed by atoms with Crippen LogP contribution in [0.15, 0.2) is 0 Å². The highest BCUT2D eigenvalue weighted by Gasteiger charge is 2.36. The highest BCUT2D eigenvalue weighted by molar-refractivity contribution is 5.89. The summed E-state index contributed by atoms with van der Waals surface area (Å²) in [6.45, 7) is 4.61. The Balaban J connectivity index is 2.13. The average molecular weight is 380 g/mol. The van der Waals surface area contributed by atoms with Crippen LogP contribution in [0.3, 0.4) is 0 Å². The van der Waals surface area contributed by atoms with Crippen molar-refractivity contribution in [3.8, 4) is 0 Å². The minimum absolute atomic E-state index is 0.0301. The lowest BCUT2D eigenvalue weighted by molar-refractivity contribution is -0.131. The quantitative estimate of drug-likeness (QED) is 0.643. The van der Waals surface area contributed by atoms with E-state index in [0.717, 1.165) is 32.1 Å². The van der Waals surface area contributed by atoms with Crippen molar-refractivity contribution in [3.05, 3.63) is 0 Å². The summed E-state index contributed by atoms with van der Waals surface area (Å²) in [6.07, 6.45) is 6.64. The van der Waals surface area contributed by atoms with Gasteiger partial charge in [0.25, 0.3) is 0 Å². The number of hydrogen-bond donors (Lipinski definition) is 3. The molecule has 3 N–H and O–H groups in total. The van der Waals surface area contributed by atoms with Crippen LogP contribution in [0.1, 0.15) is 65.2 Å². The lowest BCUT2D eigenvalue weighted by Gasteiger charge is -2.24. The second-order valence-corrected chi connectivity index (χ2v) is 8.30. The summed E-state index contributed by atoms with van der Waals surface area (Å²) in [7, 11) is 0. The fraction of sp³-hybridized carbons (Fsp3) is 0.800. The second-order valence-electron chi connectivity index (χ2n) is 8.30. The van der Waals surface area contributed by atoms with Crippen LogP contribution in [0.2, 0.25) is 0 Å². The van der Waals surface area contributed by atoms with Gasteiger partial charge in [0.1, 0.15) is 12.3 Å². The maximum atomic E-state index is 12.7. The summed E-state index contributed by atoms with van der Waals surface area (Å²) in [6, 6.07) is -1.37. The first kappa shape index (κ1) is 21.4. The van der Waals surface area contributed by atoms with Gasteiger partial charge >= 0.3 is 0 Å². The van der Waals surface area contributed by atoms with Gasteiger partial charge in [-0.15, -0.1) is 0 Å². The molecule has 2 aliphatic rings. The van der Waals surface area contributed by atoms with E-state index in [1.54, 1.807) is 0 Å². The Hall–Kier alpha value is -1.92. The number of nitrogens with one attached hydrogen (secondary N) is 3. The van der Waals surface area contributed by atoms with Crippen molar-refractivity contribution < 1.29 is 19.2 Å². The van der Waals surface area contributed by atoms with Crippen molar-refractivity contribution in [1.82, 2.24) is 16.0 Å². The molecular weight excluding hydrogens is 346 g/mol. The molecule has 27 heavy (non-hydrogen) atoms. The van der Waals surface area contributed by atoms with Crippen LogP contribution in [0, 0.1) is 17.8 Å². The third kappa shape index (κ3) is 6.63. The van der Waals surface area contributed by atoms with Gasteiger partial charge in [-0.1, -0.05) is 33.1 Å². The second kappa shape index (κ2) is 10.4. The van der Waals surface area contributed by atoms with Crippen LogP contribution in [0.5, 0.6) is 0 Å². The SMILES string of the molecule is CC(C)C[C@@H]1NC(=O)CCCCCC[C@H]2CNC(=O)[C@H]2C[C@@H](C=O)NC1=O. The first-order chi connectivity index (χ1) is 12.9. The molecule has 2 rings (SSSR count). The Morgan fingerprint density at radius 2 is 1.78 bits per heavy atom. The molecule has 0 aromatic rings. The van der Waals surface area contributed by atoms with Crippen LogP contribution < -0.4 is 16.0 Å². The zero-order chi connectivity index (χ0) is 19.8. The molecule has 3 amide bonds. The van der Waals surface area contributed by atoms with Gasteiger partial charge in [-0.3, -0.25) is 14.4 Å². The fourth-order valence-electron chi connectivity index (χ4n) is 4.04. The van der Waals surface area contributed by atoms with E-state index in [0.29, 0.717) is 32.1 Å². The number of carbonyl (C=O) groups is 4. The highest BCUT2D eigenvalue weighted by atomic mass is 16.2. The number of amides is 3. The summed E-state index contributed by atoms with van der Waals surface area (Å²) in [5.41, 5.74) is 0. The van der Waals surface area contributed by atoms with Crippen LogP contribution >= 0.6 is 0 Å². The van der Waals surface area contributed by atoms with Crippen LogP contribution in [0.4, 0.5) is 0 Å². The normalized spacial score (nSPS) is 31.1. The number of fused-ring (bicyclic) bond motifs is 1. The summed E-state index contributed by atoms with van der Waals surface area (Å²) in [4.78, 5) is 48.6. The Kier molecular flexibility index (Phi) is 8.25. The van der Waals surface area contributed by atoms with E-state index >= 15 is 0 Å². The summed E-state index contributed by atoms with van der Waals surface area (Å²) in [5, 5.41) is 8.46. The Morgan fingerprint density at radius 1 is 1.04 bits per heavy atom. The molecule has 0 radical (unpaired) electrons. The molecule has 7 heteroatoms. The van der Waals surface area contributed by atoms with Crippen molar-refractivity contribution in [3.63, 3.8) is 0 Å². The molecule has 0 bridgehead atoms. The van der Waals surface area contributed by atoms with Crippen molar-refractivity contribution in [2.24, 2.45) is 17.8 Å². The molecule has 0 aromatic heterocycles. The lowest BCUT2D eigenvalue weighted by atomic mass is 9.85. The van der Waals surface area contributed by atoms with E-state index in [1.165, 1.54) is 0 Å². The van der Waals surface area contributed by atoms with Crippen molar-refractivity contribution >= 4 is 24.0 Å². The van der Waals surface area contributed by atoms with E-state index in [9.17, 15) is 19.2 Å². The molecule has 2 aliphatic heterocycles. The van der Waals surface area contributed by atoms with Gasteiger partial charge in [-0.25, -0.2) is 0 Å². The highest BCUT2D eigenvalue weighted by Crippen LogP contribution is 2.28. The first-order valence-corrected chi connectivity index (χ1v) is 10.2. The molecule has 0 saturated carbocycles. The topological polar surface area (TPSA) is 104 Å². The molecular formula is C20H33N3O4. The molecule has 2 fully saturated rings. The third-order valence-electron chi connectivity index (χ3n) is 5.53. The summed E-state index contributed by atoms with van der Waals surface area (Å²) >= 11 is 0. The largest absolute Gasteiger partial charge is 0.356 e. The Labute approximate surface area is 161 Å². The lowest BCUT2D eigenvalue weighted by Crippen LogP contribution is -2.51. The van der Waals surface area contributed by atoms with Gasteiger partial charge in [0.2, 0.25) is 17.7 Å². The zero-order valence-corrected chi connectivity index (χ0v) is 16.5. The van der Waals surface area contributed by atoms with Gasteiger partial charge in [-0.2, -0.15) is 0 Å². The molecule has 4 atom stereocenters.